The Morgan fingerprint density at radius 1 is 1.19 bits per heavy atom. The summed E-state index contributed by atoms with van der Waals surface area (Å²) in [5.41, 5.74) is 2.80. The molecule has 5 heteroatoms. The number of carbonyl (C=O) groups is 1. The van der Waals surface area contributed by atoms with Gasteiger partial charge in [-0.15, -0.1) is 0 Å². The van der Waals surface area contributed by atoms with Gasteiger partial charge in [0.1, 0.15) is 0 Å². The third kappa shape index (κ3) is 4.13. The van der Waals surface area contributed by atoms with Gasteiger partial charge in [-0.3, -0.25) is 10.1 Å². The predicted molar refractivity (Wildman–Crippen MR) is 86.0 cm³/mol. The van der Waals surface area contributed by atoms with Gasteiger partial charge >= 0.3 is 0 Å². The van der Waals surface area contributed by atoms with Crippen LogP contribution < -0.4 is 10.6 Å². The van der Waals surface area contributed by atoms with Crippen LogP contribution in [0.4, 0.5) is 5.69 Å². The molecule has 0 radical (unpaired) electrons. The molecular formula is C16H13N3OS. The van der Waals surface area contributed by atoms with E-state index in [2.05, 4.69) is 10.6 Å². The van der Waals surface area contributed by atoms with E-state index >= 15 is 0 Å². The van der Waals surface area contributed by atoms with E-state index in [-0.39, 0.29) is 11.0 Å². The molecule has 2 rings (SSSR count). The molecule has 0 bridgehead atoms. The number of hydrogen-bond acceptors (Lipinski definition) is 3. The highest BCUT2D eigenvalue weighted by Crippen LogP contribution is 2.09. The molecule has 0 saturated heterocycles. The average molecular weight is 295 g/mol. The summed E-state index contributed by atoms with van der Waals surface area (Å²) in [6.45, 7) is 1.95. The van der Waals surface area contributed by atoms with Gasteiger partial charge in [0, 0.05) is 11.3 Å². The molecule has 0 spiro atoms. The summed E-state index contributed by atoms with van der Waals surface area (Å²) in [5.74, 6) is -0.274. The summed E-state index contributed by atoms with van der Waals surface area (Å²) in [7, 11) is 0. The van der Waals surface area contributed by atoms with Crippen LogP contribution in [0, 0.1) is 18.3 Å². The topological polar surface area (TPSA) is 64.9 Å². The highest BCUT2D eigenvalue weighted by molar-refractivity contribution is 7.80. The zero-order chi connectivity index (χ0) is 15.2. The van der Waals surface area contributed by atoms with E-state index in [1.54, 1.807) is 36.4 Å². The Morgan fingerprint density at radius 3 is 2.57 bits per heavy atom. The first kappa shape index (κ1) is 14.7. The number of benzene rings is 2. The minimum absolute atomic E-state index is 0.190. The van der Waals surface area contributed by atoms with Gasteiger partial charge in [-0.1, -0.05) is 23.8 Å². The smallest absolute Gasteiger partial charge is 0.257 e. The van der Waals surface area contributed by atoms with Gasteiger partial charge in [0.15, 0.2) is 5.11 Å². The Bertz CT molecular complexity index is 717. The van der Waals surface area contributed by atoms with Crippen molar-refractivity contribution in [2.75, 3.05) is 5.32 Å². The maximum atomic E-state index is 12.0. The molecule has 0 saturated carbocycles. The largest absolute Gasteiger partial charge is 0.332 e. The number of rotatable bonds is 2. The molecule has 104 valence electrons. The van der Waals surface area contributed by atoms with E-state index in [0.717, 1.165) is 5.56 Å². The lowest BCUT2D eigenvalue weighted by Crippen LogP contribution is -2.34. The van der Waals surface area contributed by atoms with E-state index in [0.29, 0.717) is 16.8 Å². The molecule has 0 aliphatic heterocycles. The number of aryl methyl sites for hydroxylation is 1. The van der Waals surface area contributed by atoms with E-state index in [1.165, 1.54) is 0 Å². The van der Waals surface area contributed by atoms with Crippen LogP contribution >= 0.6 is 12.2 Å². The molecule has 0 atom stereocenters. The van der Waals surface area contributed by atoms with Gasteiger partial charge in [0.2, 0.25) is 0 Å². The first-order chi connectivity index (χ1) is 10.1. The monoisotopic (exact) mass is 295 g/mol. The van der Waals surface area contributed by atoms with Crippen LogP contribution in [-0.2, 0) is 0 Å². The van der Waals surface area contributed by atoms with Crippen molar-refractivity contribution in [2.24, 2.45) is 0 Å². The Balaban J connectivity index is 1.99. The van der Waals surface area contributed by atoms with Crippen molar-refractivity contribution in [3.8, 4) is 6.07 Å². The third-order valence-electron chi connectivity index (χ3n) is 2.79. The fourth-order valence-corrected chi connectivity index (χ4v) is 1.92. The number of thiocarbonyl (C=S) groups is 1. The second kappa shape index (κ2) is 6.64. The summed E-state index contributed by atoms with van der Waals surface area (Å²) in [5, 5.41) is 14.5. The van der Waals surface area contributed by atoms with E-state index < -0.39 is 0 Å². The number of amides is 1. The molecule has 2 aromatic rings. The van der Waals surface area contributed by atoms with Gasteiger partial charge in [0.25, 0.3) is 5.91 Å². The summed E-state index contributed by atoms with van der Waals surface area (Å²) in [4.78, 5) is 12.0. The van der Waals surface area contributed by atoms with Crippen LogP contribution in [0.2, 0.25) is 0 Å². The fourth-order valence-electron chi connectivity index (χ4n) is 1.71. The molecule has 0 aliphatic rings. The quantitative estimate of drug-likeness (QED) is 0.836. The van der Waals surface area contributed by atoms with Gasteiger partial charge in [-0.2, -0.15) is 5.26 Å². The third-order valence-corrected chi connectivity index (χ3v) is 2.99. The second-order valence-electron chi connectivity index (χ2n) is 4.47. The standard InChI is InChI=1S/C16H13N3OS/c1-11-5-7-13(8-6-11)15(20)19-16(21)18-14-4-2-3-12(9-14)10-17/h2-9H,1H3,(H2,18,19,20,21). The summed E-state index contributed by atoms with van der Waals surface area (Å²) in [6, 6.07) is 16.1. The molecule has 0 aliphatic carbocycles. The van der Waals surface area contributed by atoms with Gasteiger partial charge in [-0.25, -0.2) is 0 Å². The zero-order valence-corrected chi connectivity index (χ0v) is 12.2. The Kier molecular flexibility index (Phi) is 4.64. The average Bonchev–Trinajstić information content (AvgIpc) is 2.47. The molecule has 0 fully saturated rings. The van der Waals surface area contributed by atoms with Crippen LogP contribution in [0.5, 0.6) is 0 Å². The van der Waals surface area contributed by atoms with Crippen molar-refractivity contribution in [2.45, 2.75) is 6.92 Å². The maximum Gasteiger partial charge on any atom is 0.257 e. The number of hydrogen-bond donors (Lipinski definition) is 2. The number of anilines is 1. The van der Waals surface area contributed by atoms with Crippen molar-refractivity contribution in [3.05, 3.63) is 65.2 Å². The minimum atomic E-state index is -0.274. The lowest BCUT2D eigenvalue weighted by atomic mass is 10.1. The van der Waals surface area contributed by atoms with E-state index in [1.807, 2.05) is 25.1 Å². The van der Waals surface area contributed by atoms with Crippen LogP contribution in [0.1, 0.15) is 21.5 Å². The van der Waals surface area contributed by atoms with Crippen molar-refractivity contribution in [3.63, 3.8) is 0 Å². The van der Waals surface area contributed by atoms with Crippen LogP contribution in [-0.4, -0.2) is 11.0 Å². The molecule has 2 aromatic carbocycles. The summed E-state index contributed by atoms with van der Waals surface area (Å²) >= 11 is 5.09. The number of nitrogens with zero attached hydrogens (tertiary/aromatic N) is 1. The maximum absolute atomic E-state index is 12.0. The molecule has 0 unspecified atom stereocenters. The lowest BCUT2D eigenvalue weighted by Gasteiger charge is -2.09. The van der Waals surface area contributed by atoms with Crippen molar-refractivity contribution < 1.29 is 4.79 Å². The lowest BCUT2D eigenvalue weighted by molar-refractivity contribution is 0.0978. The van der Waals surface area contributed by atoms with Gasteiger partial charge in [-0.05, 0) is 49.5 Å². The summed E-state index contributed by atoms with van der Waals surface area (Å²) in [6.07, 6.45) is 0. The van der Waals surface area contributed by atoms with E-state index in [9.17, 15) is 4.79 Å². The second-order valence-corrected chi connectivity index (χ2v) is 4.88. The zero-order valence-electron chi connectivity index (χ0n) is 11.4. The molecule has 1 amide bonds. The number of nitriles is 1. The predicted octanol–water partition coefficient (Wildman–Crippen LogP) is 2.99. The fraction of sp³-hybridized carbons (Fsp3) is 0.0625. The van der Waals surface area contributed by atoms with Crippen molar-refractivity contribution in [1.82, 2.24) is 5.32 Å². The Labute approximate surface area is 128 Å². The van der Waals surface area contributed by atoms with Gasteiger partial charge in [0.05, 0.1) is 11.6 Å². The molecule has 4 nitrogen and oxygen atoms in total. The normalized spacial score (nSPS) is 9.52. The number of nitrogens with one attached hydrogen (secondary N) is 2. The minimum Gasteiger partial charge on any atom is -0.332 e. The summed E-state index contributed by atoms with van der Waals surface area (Å²) < 4.78 is 0. The van der Waals surface area contributed by atoms with Crippen LogP contribution in [0.15, 0.2) is 48.5 Å². The van der Waals surface area contributed by atoms with Gasteiger partial charge < -0.3 is 5.32 Å². The molecular weight excluding hydrogens is 282 g/mol. The molecule has 0 aromatic heterocycles. The molecule has 21 heavy (non-hydrogen) atoms. The first-order valence-electron chi connectivity index (χ1n) is 6.27. The first-order valence-corrected chi connectivity index (χ1v) is 6.68. The highest BCUT2D eigenvalue weighted by Gasteiger charge is 2.07. The van der Waals surface area contributed by atoms with Crippen LogP contribution in [0.25, 0.3) is 0 Å². The van der Waals surface area contributed by atoms with Crippen LogP contribution in [0.3, 0.4) is 0 Å². The number of carbonyl (C=O) groups excluding carboxylic acids is 1. The molecule has 2 N–H and O–H groups in total. The highest BCUT2D eigenvalue weighted by atomic mass is 32.1. The van der Waals surface area contributed by atoms with Crippen molar-refractivity contribution in [1.29, 1.82) is 5.26 Å². The SMILES string of the molecule is Cc1ccc(C(=O)NC(=S)Nc2cccc(C#N)c2)cc1. The van der Waals surface area contributed by atoms with Crippen molar-refractivity contribution >= 4 is 28.9 Å². The Morgan fingerprint density at radius 2 is 1.90 bits per heavy atom. The molecule has 0 heterocycles. The van der Waals surface area contributed by atoms with E-state index in [4.69, 9.17) is 17.5 Å². The Hall–Kier alpha value is -2.71.